The first-order valence-corrected chi connectivity index (χ1v) is 6.81. The molecule has 5 heteroatoms. The minimum Gasteiger partial charge on any atom is -0.322 e. The summed E-state index contributed by atoms with van der Waals surface area (Å²) in [5.74, 6) is -0.103. The molecule has 1 amide bonds. The Morgan fingerprint density at radius 3 is 2.89 bits per heavy atom. The number of hydrogen-bond acceptors (Lipinski definition) is 2. The van der Waals surface area contributed by atoms with E-state index in [2.05, 4.69) is 33.0 Å². The first-order chi connectivity index (χ1) is 9.24. The second kappa shape index (κ2) is 5.00. The topological polar surface area (TPSA) is 46.4 Å². The summed E-state index contributed by atoms with van der Waals surface area (Å²) in [4.78, 5) is 12.2. The molecular weight excluding hydrogens is 353 g/mol. The van der Waals surface area contributed by atoms with Crippen molar-refractivity contribution in [2.45, 2.75) is 0 Å². The summed E-state index contributed by atoms with van der Waals surface area (Å²) in [5, 5.41) is 7.01. The third kappa shape index (κ3) is 2.46. The molecule has 2 aromatic heterocycles. The van der Waals surface area contributed by atoms with Crippen LogP contribution in [0, 0.1) is 3.57 Å². The Morgan fingerprint density at radius 1 is 1.21 bits per heavy atom. The summed E-state index contributed by atoms with van der Waals surface area (Å²) in [5.41, 5.74) is 2.38. The van der Waals surface area contributed by atoms with Gasteiger partial charge in [0.25, 0.3) is 5.91 Å². The van der Waals surface area contributed by atoms with Gasteiger partial charge in [-0.1, -0.05) is 12.1 Å². The number of fused-ring (bicyclic) bond motifs is 1. The molecule has 94 valence electrons. The predicted molar refractivity (Wildman–Crippen MR) is 82.3 cm³/mol. The third-order valence-electron chi connectivity index (χ3n) is 2.78. The van der Waals surface area contributed by atoms with Crippen LogP contribution in [0.5, 0.6) is 0 Å². The van der Waals surface area contributed by atoms with Crippen LogP contribution in [0.1, 0.15) is 10.4 Å². The van der Waals surface area contributed by atoms with Gasteiger partial charge in [0.15, 0.2) is 0 Å². The SMILES string of the molecule is O=C(Nc1ccn2nccc2c1)c1ccccc1I. The fraction of sp³-hybridized carbons (Fsp3) is 0. The highest BCUT2D eigenvalue weighted by Gasteiger charge is 2.09. The standard InChI is InChI=1S/C14H10IN3O/c15-13-4-2-1-3-12(13)14(19)17-10-6-8-18-11(9-10)5-7-16-18/h1-9H,(H,17,19). The van der Waals surface area contributed by atoms with Gasteiger partial charge in [-0.2, -0.15) is 5.10 Å². The fourth-order valence-electron chi connectivity index (χ4n) is 1.84. The van der Waals surface area contributed by atoms with Crippen molar-refractivity contribution >= 4 is 39.7 Å². The number of hydrogen-bond donors (Lipinski definition) is 1. The Balaban J connectivity index is 1.88. The highest BCUT2D eigenvalue weighted by molar-refractivity contribution is 14.1. The van der Waals surface area contributed by atoms with Crippen LogP contribution in [-0.2, 0) is 0 Å². The number of anilines is 1. The molecule has 3 rings (SSSR count). The molecule has 0 saturated carbocycles. The minimum absolute atomic E-state index is 0.103. The zero-order valence-corrected chi connectivity index (χ0v) is 12.0. The second-order valence-electron chi connectivity index (χ2n) is 4.05. The lowest BCUT2D eigenvalue weighted by atomic mass is 10.2. The number of halogens is 1. The Hall–Kier alpha value is -1.89. The first-order valence-electron chi connectivity index (χ1n) is 5.73. The van der Waals surface area contributed by atoms with Crippen LogP contribution in [0.4, 0.5) is 5.69 Å². The number of carbonyl (C=O) groups is 1. The molecule has 4 nitrogen and oxygen atoms in total. The van der Waals surface area contributed by atoms with Crippen LogP contribution in [0.3, 0.4) is 0 Å². The lowest BCUT2D eigenvalue weighted by molar-refractivity contribution is 0.102. The van der Waals surface area contributed by atoms with Crippen molar-refractivity contribution < 1.29 is 4.79 Å². The molecule has 0 aliphatic carbocycles. The van der Waals surface area contributed by atoms with Crippen molar-refractivity contribution in [1.29, 1.82) is 0 Å². The summed E-state index contributed by atoms with van der Waals surface area (Å²) >= 11 is 2.16. The van der Waals surface area contributed by atoms with E-state index in [4.69, 9.17) is 0 Å². The minimum atomic E-state index is -0.103. The quantitative estimate of drug-likeness (QED) is 0.711. The third-order valence-corrected chi connectivity index (χ3v) is 3.72. The molecule has 0 bridgehead atoms. The van der Waals surface area contributed by atoms with Crippen molar-refractivity contribution in [1.82, 2.24) is 9.61 Å². The van der Waals surface area contributed by atoms with Crippen LogP contribution < -0.4 is 5.32 Å². The lowest BCUT2D eigenvalue weighted by Gasteiger charge is -2.07. The number of nitrogens with one attached hydrogen (secondary N) is 1. The number of pyridine rings is 1. The van der Waals surface area contributed by atoms with Crippen molar-refractivity contribution in [3.63, 3.8) is 0 Å². The van der Waals surface area contributed by atoms with Gasteiger partial charge in [-0.05, 0) is 52.9 Å². The van der Waals surface area contributed by atoms with Gasteiger partial charge in [0.2, 0.25) is 0 Å². The molecule has 0 radical (unpaired) electrons. The molecular formula is C14H10IN3O. The molecule has 19 heavy (non-hydrogen) atoms. The van der Waals surface area contributed by atoms with E-state index in [1.807, 2.05) is 48.7 Å². The van der Waals surface area contributed by atoms with E-state index in [1.54, 1.807) is 10.7 Å². The van der Waals surface area contributed by atoms with Crippen molar-refractivity contribution in [2.75, 3.05) is 5.32 Å². The molecule has 1 N–H and O–H groups in total. The van der Waals surface area contributed by atoms with Crippen LogP contribution in [0.2, 0.25) is 0 Å². The van der Waals surface area contributed by atoms with E-state index in [9.17, 15) is 4.79 Å². The van der Waals surface area contributed by atoms with Gasteiger partial charge in [-0.25, -0.2) is 4.52 Å². The molecule has 0 fully saturated rings. The van der Waals surface area contributed by atoms with Crippen LogP contribution in [-0.4, -0.2) is 15.5 Å². The Bertz CT molecular complexity index is 751. The number of benzene rings is 1. The summed E-state index contributed by atoms with van der Waals surface area (Å²) in [6, 6.07) is 13.1. The molecule has 0 atom stereocenters. The van der Waals surface area contributed by atoms with Crippen LogP contribution in [0.15, 0.2) is 54.9 Å². The predicted octanol–water partition coefficient (Wildman–Crippen LogP) is 3.19. The molecule has 0 unspecified atom stereocenters. The van der Waals surface area contributed by atoms with Crippen molar-refractivity contribution in [3.8, 4) is 0 Å². The number of aromatic nitrogens is 2. The Morgan fingerprint density at radius 2 is 2.05 bits per heavy atom. The second-order valence-corrected chi connectivity index (χ2v) is 5.21. The van der Waals surface area contributed by atoms with E-state index in [0.29, 0.717) is 5.56 Å². The zero-order chi connectivity index (χ0) is 13.2. The maximum atomic E-state index is 12.2. The molecule has 0 aliphatic heterocycles. The van der Waals surface area contributed by atoms with Gasteiger partial charge in [0.1, 0.15) is 0 Å². The Labute approximate surface area is 123 Å². The average Bonchev–Trinajstić information content (AvgIpc) is 2.86. The van der Waals surface area contributed by atoms with E-state index in [-0.39, 0.29) is 5.91 Å². The summed E-state index contributed by atoms with van der Waals surface area (Å²) in [7, 11) is 0. The first kappa shape index (κ1) is 12.2. The van der Waals surface area contributed by atoms with Gasteiger partial charge in [-0.3, -0.25) is 4.79 Å². The molecule has 1 aromatic carbocycles. The maximum Gasteiger partial charge on any atom is 0.256 e. The molecule has 0 aliphatic rings. The lowest BCUT2D eigenvalue weighted by Crippen LogP contribution is -2.13. The number of carbonyl (C=O) groups excluding carboxylic acids is 1. The smallest absolute Gasteiger partial charge is 0.256 e. The molecule has 2 heterocycles. The fourth-order valence-corrected chi connectivity index (χ4v) is 2.48. The van der Waals surface area contributed by atoms with Crippen molar-refractivity contribution in [3.05, 3.63) is 64.0 Å². The molecule has 3 aromatic rings. The highest BCUT2D eigenvalue weighted by atomic mass is 127. The number of rotatable bonds is 2. The summed E-state index contributed by atoms with van der Waals surface area (Å²) in [6.07, 6.45) is 3.54. The van der Waals surface area contributed by atoms with Gasteiger partial charge >= 0.3 is 0 Å². The van der Waals surface area contributed by atoms with E-state index >= 15 is 0 Å². The van der Waals surface area contributed by atoms with Gasteiger partial charge in [0.05, 0.1) is 11.1 Å². The van der Waals surface area contributed by atoms with Gasteiger partial charge in [-0.15, -0.1) is 0 Å². The van der Waals surface area contributed by atoms with Gasteiger partial charge < -0.3 is 5.32 Å². The zero-order valence-electron chi connectivity index (χ0n) is 9.88. The van der Waals surface area contributed by atoms with Crippen LogP contribution in [0.25, 0.3) is 5.52 Å². The molecule has 0 saturated heterocycles. The maximum absolute atomic E-state index is 12.2. The van der Waals surface area contributed by atoms with E-state index < -0.39 is 0 Å². The normalized spacial score (nSPS) is 10.6. The van der Waals surface area contributed by atoms with Crippen LogP contribution >= 0.6 is 22.6 Å². The Kier molecular flexibility index (Phi) is 3.20. The number of nitrogens with zero attached hydrogens (tertiary/aromatic N) is 2. The summed E-state index contributed by atoms with van der Waals surface area (Å²) < 4.78 is 2.69. The average molecular weight is 363 g/mol. The highest BCUT2D eigenvalue weighted by Crippen LogP contribution is 2.16. The number of amides is 1. The monoisotopic (exact) mass is 363 g/mol. The van der Waals surface area contributed by atoms with Crippen molar-refractivity contribution in [2.24, 2.45) is 0 Å². The largest absolute Gasteiger partial charge is 0.322 e. The molecule has 0 spiro atoms. The summed E-state index contributed by atoms with van der Waals surface area (Å²) in [6.45, 7) is 0. The van der Waals surface area contributed by atoms with Gasteiger partial charge in [0, 0.05) is 21.7 Å². The van der Waals surface area contributed by atoms with E-state index in [0.717, 1.165) is 14.8 Å². The van der Waals surface area contributed by atoms with E-state index in [1.165, 1.54) is 0 Å².